The van der Waals surface area contributed by atoms with Crippen molar-refractivity contribution >= 4 is 0 Å². The summed E-state index contributed by atoms with van der Waals surface area (Å²) in [5.41, 5.74) is -1.11. The fourth-order valence-corrected chi connectivity index (χ4v) is 2.66. The maximum absolute atomic E-state index is 10.6. The molecule has 5 heteroatoms. The number of aliphatic hydroxyl groups is 1. The molecule has 0 amide bonds. The quantitative estimate of drug-likeness (QED) is 0.569. The van der Waals surface area contributed by atoms with Gasteiger partial charge in [-0.25, -0.2) is 0 Å². The zero-order valence-corrected chi connectivity index (χ0v) is 10.8. The topological polar surface area (TPSA) is 65.7 Å². The Morgan fingerprint density at radius 3 is 2.65 bits per heavy atom. The van der Waals surface area contributed by atoms with Crippen LogP contribution in [-0.2, 0) is 9.47 Å². The fourth-order valence-electron chi connectivity index (χ4n) is 2.66. The zero-order valence-electron chi connectivity index (χ0n) is 10.8. The summed E-state index contributed by atoms with van der Waals surface area (Å²) in [7, 11) is 3.03. The second kappa shape index (κ2) is 6.31. The lowest BCUT2D eigenvalue weighted by molar-refractivity contribution is -0.232. The Hall–Kier alpha value is -0.670. The molecule has 1 aliphatic rings. The number of likely N-dealkylation sites (tertiary alicyclic amines) is 1. The Bertz CT molecular complexity index is 271. The summed E-state index contributed by atoms with van der Waals surface area (Å²) < 4.78 is 10.3. The van der Waals surface area contributed by atoms with E-state index < -0.39 is 11.9 Å². The van der Waals surface area contributed by atoms with Crippen LogP contribution < -0.4 is 0 Å². The van der Waals surface area contributed by atoms with Crippen molar-refractivity contribution in [2.24, 2.45) is 0 Å². The Kier molecular flexibility index (Phi) is 5.34. The molecular weight excluding hydrogens is 220 g/mol. The minimum atomic E-state index is -1.11. The molecule has 0 aromatic carbocycles. The van der Waals surface area contributed by atoms with Crippen molar-refractivity contribution in [2.45, 2.75) is 44.1 Å². The van der Waals surface area contributed by atoms with E-state index in [0.29, 0.717) is 6.54 Å². The third kappa shape index (κ3) is 3.17. The Morgan fingerprint density at radius 1 is 1.47 bits per heavy atom. The van der Waals surface area contributed by atoms with Crippen LogP contribution in [0.3, 0.4) is 0 Å². The number of rotatable bonds is 5. The smallest absolute Gasteiger partial charge is 0.186 e. The van der Waals surface area contributed by atoms with Crippen molar-refractivity contribution in [3.8, 4) is 6.07 Å². The SMILES string of the molecule is COC(OC)[C@](C)(O)[C@@H]1CCCCN1CC#N. The van der Waals surface area contributed by atoms with E-state index in [1.54, 1.807) is 6.92 Å². The molecule has 5 nitrogen and oxygen atoms in total. The van der Waals surface area contributed by atoms with Gasteiger partial charge in [-0.15, -0.1) is 0 Å². The second-order valence-corrected chi connectivity index (χ2v) is 4.67. The molecule has 0 aliphatic carbocycles. The average Bonchev–Trinajstić information content (AvgIpc) is 2.31. The first-order valence-corrected chi connectivity index (χ1v) is 5.96. The first-order chi connectivity index (χ1) is 8.07. The lowest BCUT2D eigenvalue weighted by Crippen LogP contribution is -2.59. The first kappa shape index (κ1) is 14.4. The van der Waals surface area contributed by atoms with E-state index >= 15 is 0 Å². The number of nitrogens with zero attached hydrogens (tertiary/aromatic N) is 2. The monoisotopic (exact) mass is 242 g/mol. The molecule has 1 saturated heterocycles. The summed E-state index contributed by atoms with van der Waals surface area (Å²) in [5, 5.41) is 19.4. The zero-order chi connectivity index (χ0) is 12.9. The van der Waals surface area contributed by atoms with Gasteiger partial charge < -0.3 is 14.6 Å². The molecule has 1 N–H and O–H groups in total. The molecule has 1 rings (SSSR count). The molecule has 1 aliphatic heterocycles. The van der Waals surface area contributed by atoms with E-state index in [2.05, 4.69) is 6.07 Å². The highest BCUT2D eigenvalue weighted by Gasteiger charge is 2.44. The van der Waals surface area contributed by atoms with Crippen LogP contribution in [0, 0.1) is 11.3 Å². The first-order valence-electron chi connectivity index (χ1n) is 5.96. The number of ether oxygens (including phenoxy) is 2. The van der Waals surface area contributed by atoms with Crippen LogP contribution in [-0.4, -0.2) is 55.2 Å². The van der Waals surface area contributed by atoms with Gasteiger partial charge >= 0.3 is 0 Å². The van der Waals surface area contributed by atoms with Crippen LogP contribution in [0.25, 0.3) is 0 Å². The maximum atomic E-state index is 10.6. The van der Waals surface area contributed by atoms with Gasteiger partial charge in [0, 0.05) is 20.3 Å². The number of piperidine rings is 1. The molecule has 0 radical (unpaired) electrons. The van der Waals surface area contributed by atoms with Crippen molar-refractivity contribution in [3.05, 3.63) is 0 Å². The van der Waals surface area contributed by atoms with Gasteiger partial charge in [0.1, 0.15) is 5.60 Å². The van der Waals surface area contributed by atoms with E-state index in [-0.39, 0.29) is 6.04 Å². The van der Waals surface area contributed by atoms with E-state index in [1.807, 2.05) is 4.90 Å². The number of hydrogen-bond acceptors (Lipinski definition) is 5. The molecule has 1 fully saturated rings. The normalized spacial score (nSPS) is 25.5. The largest absolute Gasteiger partial charge is 0.383 e. The lowest BCUT2D eigenvalue weighted by Gasteiger charge is -2.45. The highest BCUT2D eigenvalue weighted by molar-refractivity contribution is 4.96. The second-order valence-electron chi connectivity index (χ2n) is 4.67. The number of hydrogen-bond donors (Lipinski definition) is 1. The van der Waals surface area contributed by atoms with Crippen LogP contribution in [0.2, 0.25) is 0 Å². The summed E-state index contributed by atoms with van der Waals surface area (Å²) in [4.78, 5) is 2.01. The molecule has 0 unspecified atom stereocenters. The van der Waals surface area contributed by atoms with Gasteiger partial charge in [-0.1, -0.05) is 6.42 Å². The van der Waals surface area contributed by atoms with E-state index in [1.165, 1.54) is 14.2 Å². The summed E-state index contributed by atoms with van der Waals surface area (Å²) in [6, 6.07) is 2.05. The molecule has 0 bridgehead atoms. The summed E-state index contributed by atoms with van der Waals surface area (Å²) in [6.45, 7) is 2.89. The molecule has 0 saturated carbocycles. The Labute approximate surface area is 103 Å². The van der Waals surface area contributed by atoms with Crippen molar-refractivity contribution in [2.75, 3.05) is 27.3 Å². The van der Waals surface area contributed by atoms with E-state index in [9.17, 15) is 5.11 Å². The van der Waals surface area contributed by atoms with Crippen LogP contribution in [0.15, 0.2) is 0 Å². The summed E-state index contributed by atoms with van der Waals surface area (Å²) in [5.74, 6) is 0. The maximum Gasteiger partial charge on any atom is 0.186 e. The van der Waals surface area contributed by atoms with Crippen LogP contribution in [0.4, 0.5) is 0 Å². The van der Waals surface area contributed by atoms with Gasteiger partial charge in [0.15, 0.2) is 6.29 Å². The molecule has 0 spiro atoms. The molecular formula is C12H22N2O3. The summed E-state index contributed by atoms with van der Waals surface area (Å²) >= 11 is 0. The predicted molar refractivity (Wildman–Crippen MR) is 63.3 cm³/mol. The Morgan fingerprint density at radius 2 is 2.12 bits per heavy atom. The molecule has 17 heavy (non-hydrogen) atoms. The highest BCUT2D eigenvalue weighted by Crippen LogP contribution is 2.29. The molecule has 98 valence electrons. The predicted octanol–water partition coefficient (Wildman–Crippen LogP) is 0.734. The number of nitriles is 1. The van der Waals surface area contributed by atoms with Gasteiger partial charge in [0.05, 0.1) is 12.6 Å². The van der Waals surface area contributed by atoms with Crippen molar-refractivity contribution < 1.29 is 14.6 Å². The molecule has 2 atom stereocenters. The third-order valence-corrected chi connectivity index (χ3v) is 3.47. The van der Waals surface area contributed by atoms with Crippen LogP contribution >= 0.6 is 0 Å². The minimum Gasteiger partial charge on any atom is -0.383 e. The highest BCUT2D eigenvalue weighted by atomic mass is 16.7. The van der Waals surface area contributed by atoms with Gasteiger partial charge in [0.2, 0.25) is 0 Å². The summed E-state index contributed by atoms with van der Waals surface area (Å²) in [6.07, 6.45) is 2.31. The minimum absolute atomic E-state index is 0.0965. The van der Waals surface area contributed by atoms with Gasteiger partial charge in [-0.2, -0.15) is 5.26 Å². The fraction of sp³-hybridized carbons (Fsp3) is 0.917. The van der Waals surface area contributed by atoms with E-state index in [0.717, 1.165) is 25.8 Å². The van der Waals surface area contributed by atoms with Crippen LogP contribution in [0.5, 0.6) is 0 Å². The van der Waals surface area contributed by atoms with Crippen LogP contribution in [0.1, 0.15) is 26.2 Å². The average molecular weight is 242 g/mol. The molecule has 0 aromatic rings. The van der Waals surface area contributed by atoms with Gasteiger partial charge in [-0.3, -0.25) is 4.90 Å². The molecule has 0 aromatic heterocycles. The van der Waals surface area contributed by atoms with Gasteiger partial charge in [0.25, 0.3) is 0 Å². The molecule has 1 heterocycles. The third-order valence-electron chi connectivity index (χ3n) is 3.47. The van der Waals surface area contributed by atoms with Gasteiger partial charge in [-0.05, 0) is 26.3 Å². The standard InChI is InChI=1S/C12H22N2O3/c1-12(15,11(16-2)17-3)10-6-4-5-8-14(10)9-7-13/h10-11,15H,4-6,8-9H2,1-3H3/t10-,12+/m0/s1. The number of methoxy groups -OCH3 is 2. The lowest BCUT2D eigenvalue weighted by atomic mass is 9.87. The van der Waals surface area contributed by atoms with Crippen molar-refractivity contribution in [3.63, 3.8) is 0 Å². The Balaban J connectivity index is 2.82. The van der Waals surface area contributed by atoms with E-state index in [4.69, 9.17) is 14.7 Å². The van der Waals surface area contributed by atoms with Crippen molar-refractivity contribution in [1.82, 2.24) is 4.90 Å². The van der Waals surface area contributed by atoms with Crippen molar-refractivity contribution in [1.29, 1.82) is 5.26 Å².